The first-order valence-corrected chi connectivity index (χ1v) is 8.58. The fraction of sp³-hybridized carbons (Fsp3) is 0.889. The van der Waals surface area contributed by atoms with Crippen molar-refractivity contribution in [2.24, 2.45) is 11.8 Å². The lowest BCUT2D eigenvalue weighted by molar-refractivity contribution is 0.270. The highest BCUT2D eigenvalue weighted by molar-refractivity contribution is 4.77. The molecule has 2 atom stereocenters. The Balaban J connectivity index is 2.28. The van der Waals surface area contributed by atoms with Gasteiger partial charge in [0, 0.05) is 6.04 Å². The zero-order valence-corrected chi connectivity index (χ0v) is 13.3. The second-order valence-electron chi connectivity index (χ2n) is 6.65. The van der Waals surface area contributed by atoms with E-state index in [1.54, 1.807) is 0 Å². The van der Waals surface area contributed by atoms with Crippen molar-refractivity contribution in [1.29, 1.82) is 0 Å². The van der Waals surface area contributed by atoms with E-state index >= 15 is 0 Å². The Kier molecular flexibility index (Phi) is 9.24. The van der Waals surface area contributed by atoms with Gasteiger partial charge in [0.15, 0.2) is 0 Å². The molecule has 2 unspecified atom stereocenters. The highest BCUT2D eigenvalue weighted by atomic mass is 14.9. The maximum Gasteiger partial charge on any atom is 0.00104 e. The lowest BCUT2D eigenvalue weighted by atomic mass is 9.83. The van der Waals surface area contributed by atoms with Crippen molar-refractivity contribution in [2.75, 3.05) is 6.54 Å². The third-order valence-corrected chi connectivity index (χ3v) is 4.59. The Hall–Kier alpha value is -0.300. The molecule has 1 rings (SSSR count). The van der Waals surface area contributed by atoms with E-state index in [9.17, 15) is 0 Å². The molecule has 1 fully saturated rings. The minimum Gasteiger partial charge on any atom is -0.314 e. The number of hydrogen-bond acceptors (Lipinski definition) is 1. The Bertz CT molecular complexity index is 222. The van der Waals surface area contributed by atoms with E-state index in [0.29, 0.717) is 6.04 Å². The molecule has 1 aliphatic rings. The third kappa shape index (κ3) is 7.77. The first kappa shape index (κ1) is 16.8. The summed E-state index contributed by atoms with van der Waals surface area (Å²) in [6, 6.07) is 0.636. The summed E-state index contributed by atoms with van der Waals surface area (Å²) >= 11 is 0. The van der Waals surface area contributed by atoms with Crippen LogP contribution in [0.2, 0.25) is 0 Å². The zero-order chi connectivity index (χ0) is 13.9. The SMILES string of the molecule is C=CCCCCCC1CCCCCC1CNC(C)C. The van der Waals surface area contributed by atoms with E-state index in [-0.39, 0.29) is 0 Å². The van der Waals surface area contributed by atoms with Crippen molar-refractivity contribution in [3.63, 3.8) is 0 Å². The van der Waals surface area contributed by atoms with Gasteiger partial charge in [0.05, 0.1) is 0 Å². The van der Waals surface area contributed by atoms with Crippen LogP contribution in [0.1, 0.15) is 78.1 Å². The van der Waals surface area contributed by atoms with Crippen molar-refractivity contribution in [2.45, 2.75) is 84.1 Å². The molecule has 0 spiro atoms. The van der Waals surface area contributed by atoms with Crippen molar-refractivity contribution < 1.29 is 0 Å². The predicted molar refractivity (Wildman–Crippen MR) is 86.5 cm³/mol. The molecular formula is C18H35N. The van der Waals surface area contributed by atoms with Gasteiger partial charge < -0.3 is 5.32 Å². The van der Waals surface area contributed by atoms with Crippen LogP contribution in [0, 0.1) is 11.8 Å². The number of allylic oxidation sites excluding steroid dienone is 1. The Morgan fingerprint density at radius 3 is 2.47 bits per heavy atom. The van der Waals surface area contributed by atoms with Gasteiger partial charge in [0.1, 0.15) is 0 Å². The molecule has 0 aromatic carbocycles. The molecule has 0 aromatic rings. The summed E-state index contributed by atoms with van der Waals surface area (Å²) < 4.78 is 0. The van der Waals surface area contributed by atoms with Gasteiger partial charge in [-0.15, -0.1) is 6.58 Å². The second-order valence-corrected chi connectivity index (χ2v) is 6.65. The molecule has 0 heterocycles. The molecule has 19 heavy (non-hydrogen) atoms. The molecule has 0 aliphatic heterocycles. The first-order valence-electron chi connectivity index (χ1n) is 8.58. The molecule has 0 aromatic heterocycles. The molecule has 1 nitrogen and oxygen atoms in total. The molecule has 1 heteroatoms. The number of nitrogens with one attached hydrogen (secondary N) is 1. The maximum atomic E-state index is 3.81. The number of hydrogen-bond donors (Lipinski definition) is 1. The summed E-state index contributed by atoms with van der Waals surface area (Å²) in [4.78, 5) is 0. The van der Waals surface area contributed by atoms with Crippen LogP contribution >= 0.6 is 0 Å². The molecule has 1 saturated carbocycles. The van der Waals surface area contributed by atoms with Crippen LogP contribution in [-0.4, -0.2) is 12.6 Å². The topological polar surface area (TPSA) is 12.0 Å². The van der Waals surface area contributed by atoms with E-state index in [0.717, 1.165) is 11.8 Å². The highest BCUT2D eigenvalue weighted by Crippen LogP contribution is 2.32. The maximum absolute atomic E-state index is 3.81. The van der Waals surface area contributed by atoms with Crippen molar-refractivity contribution in [1.82, 2.24) is 5.32 Å². The molecule has 0 radical (unpaired) electrons. The monoisotopic (exact) mass is 265 g/mol. The lowest BCUT2D eigenvalue weighted by Crippen LogP contribution is -2.32. The summed E-state index contributed by atoms with van der Waals surface area (Å²) in [6.45, 7) is 9.58. The van der Waals surface area contributed by atoms with Gasteiger partial charge in [0.2, 0.25) is 0 Å². The zero-order valence-electron chi connectivity index (χ0n) is 13.3. The third-order valence-electron chi connectivity index (χ3n) is 4.59. The van der Waals surface area contributed by atoms with E-state index < -0.39 is 0 Å². The summed E-state index contributed by atoms with van der Waals surface area (Å²) in [5.74, 6) is 1.92. The van der Waals surface area contributed by atoms with Gasteiger partial charge in [-0.3, -0.25) is 0 Å². The van der Waals surface area contributed by atoms with Crippen LogP contribution in [0.15, 0.2) is 12.7 Å². The summed E-state index contributed by atoms with van der Waals surface area (Å²) in [5.41, 5.74) is 0. The van der Waals surface area contributed by atoms with Crippen molar-refractivity contribution in [3.05, 3.63) is 12.7 Å². The van der Waals surface area contributed by atoms with Gasteiger partial charge >= 0.3 is 0 Å². The van der Waals surface area contributed by atoms with Crippen LogP contribution in [0.4, 0.5) is 0 Å². The van der Waals surface area contributed by atoms with Gasteiger partial charge in [-0.2, -0.15) is 0 Å². The molecule has 1 aliphatic carbocycles. The molecule has 0 saturated heterocycles. The Labute approximate surface area is 121 Å². The van der Waals surface area contributed by atoms with Crippen molar-refractivity contribution in [3.8, 4) is 0 Å². The fourth-order valence-corrected chi connectivity index (χ4v) is 3.37. The first-order chi connectivity index (χ1) is 9.24. The standard InChI is InChI=1S/C18H35N/c1-4-5-6-7-9-12-17-13-10-8-11-14-18(17)15-19-16(2)3/h4,16-19H,1,5-15H2,2-3H3. The van der Waals surface area contributed by atoms with E-state index in [1.165, 1.54) is 70.8 Å². The average Bonchev–Trinajstić information content (AvgIpc) is 2.61. The lowest BCUT2D eigenvalue weighted by Gasteiger charge is -2.26. The van der Waals surface area contributed by atoms with Gasteiger partial charge in [0.25, 0.3) is 0 Å². The van der Waals surface area contributed by atoms with Crippen LogP contribution in [0.3, 0.4) is 0 Å². The van der Waals surface area contributed by atoms with Crippen molar-refractivity contribution >= 4 is 0 Å². The Morgan fingerprint density at radius 1 is 1.05 bits per heavy atom. The normalized spacial score (nSPS) is 24.4. The van der Waals surface area contributed by atoms with Crippen LogP contribution in [0.5, 0.6) is 0 Å². The van der Waals surface area contributed by atoms with Gasteiger partial charge in [-0.25, -0.2) is 0 Å². The minimum atomic E-state index is 0.636. The molecule has 0 amide bonds. The predicted octanol–water partition coefficient (Wildman–Crippen LogP) is 5.32. The second kappa shape index (κ2) is 10.5. The number of unbranched alkanes of at least 4 members (excludes halogenated alkanes) is 3. The fourth-order valence-electron chi connectivity index (χ4n) is 3.37. The van der Waals surface area contributed by atoms with E-state index in [1.807, 2.05) is 0 Å². The molecule has 1 N–H and O–H groups in total. The quantitative estimate of drug-likeness (QED) is 0.338. The van der Waals surface area contributed by atoms with Gasteiger partial charge in [-0.05, 0) is 37.6 Å². The van der Waals surface area contributed by atoms with Crippen LogP contribution < -0.4 is 5.32 Å². The minimum absolute atomic E-state index is 0.636. The average molecular weight is 265 g/mol. The molecule has 0 bridgehead atoms. The van der Waals surface area contributed by atoms with Crippen LogP contribution in [0.25, 0.3) is 0 Å². The largest absolute Gasteiger partial charge is 0.314 e. The van der Waals surface area contributed by atoms with E-state index in [2.05, 4.69) is 31.8 Å². The molecular weight excluding hydrogens is 230 g/mol. The molecule has 112 valence electrons. The van der Waals surface area contributed by atoms with E-state index in [4.69, 9.17) is 0 Å². The summed E-state index contributed by atoms with van der Waals surface area (Å²) in [6.07, 6.45) is 16.2. The van der Waals surface area contributed by atoms with Crippen LogP contribution in [-0.2, 0) is 0 Å². The van der Waals surface area contributed by atoms with Gasteiger partial charge in [-0.1, -0.05) is 64.9 Å². The smallest absolute Gasteiger partial charge is 0.00104 e. The summed E-state index contributed by atoms with van der Waals surface area (Å²) in [7, 11) is 0. The highest BCUT2D eigenvalue weighted by Gasteiger charge is 2.23. The number of rotatable bonds is 9. The summed E-state index contributed by atoms with van der Waals surface area (Å²) in [5, 5.41) is 3.67. The Morgan fingerprint density at radius 2 is 1.79 bits per heavy atom.